The Labute approximate surface area is 220 Å². The van der Waals surface area contributed by atoms with Gasteiger partial charge in [-0.3, -0.25) is 15.0 Å². The third-order valence-corrected chi connectivity index (χ3v) is 9.08. The number of hydrogen-bond acceptors (Lipinski definition) is 8. The quantitative estimate of drug-likeness (QED) is 0.264. The van der Waals surface area contributed by atoms with Crippen LogP contribution in [0.3, 0.4) is 0 Å². The third kappa shape index (κ3) is 5.17. The van der Waals surface area contributed by atoms with Crippen LogP contribution in [-0.2, 0) is 29.5 Å². The molecule has 3 heterocycles. The average Bonchev–Trinajstić information content (AvgIpc) is 2.88. The molecule has 1 saturated heterocycles. The molecule has 2 aliphatic rings. The number of halogens is 1. The Balaban J connectivity index is 1.38. The molecule has 194 valence electrons. The topological polar surface area (TPSA) is 113 Å². The lowest BCUT2D eigenvalue weighted by Crippen LogP contribution is -2.54. The highest BCUT2D eigenvalue weighted by atomic mass is 35.5. The molecule has 37 heavy (non-hydrogen) atoms. The molecule has 0 bridgehead atoms. The minimum absolute atomic E-state index is 0.166. The van der Waals surface area contributed by atoms with Gasteiger partial charge in [-0.25, -0.2) is 18.4 Å². The number of nitro groups is 1. The molecule has 1 fully saturated rings. The predicted octanol–water partition coefficient (Wildman–Crippen LogP) is 3.50. The Morgan fingerprint density at radius 3 is 2.51 bits per heavy atom. The van der Waals surface area contributed by atoms with Crippen LogP contribution in [-0.4, -0.2) is 64.7 Å². The molecular formula is C25H27ClN6O4S. The van der Waals surface area contributed by atoms with Crippen molar-refractivity contribution in [2.75, 3.05) is 31.1 Å². The van der Waals surface area contributed by atoms with E-state index in [9.17, 15) is 18.5 Å². The molecule has 2 aliphatic heterocycles. The van der Waals surface area contributed by atoms with Crippen molar-refractivity contribution >= 4 is 33.1 Å². The number of piperazine rings is 1. The lowest BCUT2D eigenvalue weighted by Gasteiger charge is -2.41. The largest absolute Gasteiger partial charge is 0.353 e. The number of rotatable bonds is 6. The minimum Gasteiger partial charge on any atom is -0.353 e. The van der Waals surface area contributed by atoms with Crippen LogP contribution in [0.5, 0.6) is 0 Å². The van der Waals surface area contributed by atoms with Crippen LogP contribution in [0.2, 0.25) is 5.28 Å². The van der Waals surface area contributed by atoms with Crippen LogP contribution in [0.15, 0.2) is 59.5 Å². The maximum Gasteiger partial charge on any atom is 0.289 e. The summed E-state index contributed by atoms with van der Waals surface area (Å²) in [6.07, 6.45) is 0.749. The fourth-order valence-electron chi connectivity index (χ4n) is 5.10. The second kappa shape index (κ2) is 10.3. The van der Waals surface area contributed by atoms with Crippen LogP contribution in [0, 0.1) is 10.1 Å². The molecule has 1 aromatic heterocycles. The molecule has 5 rings (SSSR count). The Morgan fingerprint density at radius 1 is 1.05 bits per heavy atom. The number of hydrogen-bond donors (Lipinski definition) is 0. The van der Waals surface area contributed by atoms with E-state index < -0.39 is 26.7 Å². The van der Waals surface area contributed by atoms with Crippen molar-refractivity contribution in [2.24, 2.45) is 0 Å². The fraction of sp³-hybridized carbons (Fsp3) is 0.360. The molecule has 2 aromatic carbocycles. The first kappa shape index (κ1) is 25.5. The summed E-state index contributed by atoms with van der Waals surface area (Å²) in [4.78, 5) is 23.9. The molecule has 0 N–H and O–H groups in total. The smallest absolute Gasteiger partial charge is 0.289 e. The van der Waals surface area contributed by atoms with Gasteiger partial charge in [-0.15, -0.1) is 0 Å². The lowest BCUT2D eigenvalue weighted by molar-refractivity contribution is -0.387. The summed E-state index contributed by atoms with van der Waals surface area (Å²) in [6.45, 7) is 5.05. The average molecular weight is 543 g/mol. The molecule has 12 heteroatoms. The SMILES string of the molecule is CC1CN(c2nc(Cl)nc3c2CN(Cc2ccccc2)CC3)CCN1S(=O)(=O)c1ccccc1[N+](=O)[O-]. The monoisotopic (exact) mass is 542 g/mol. The van der Waals surface area contributed by atoms with E-state index in [1.165, 1.54) is 34.1 Å². The van der Waals surface area contributed by atoms with Crippen molar-refractivity contribution in [1.82, 2.24) is 19.2 Å². The fourth-order valence-corrected chi connectivity index (χ4v) is 7.06. The minimum atomic E-state index is -4.06. The van der Waals surface area contributed by atoms with E-state index in [0.717, 1.165) is 36.6 Å². The number of para-hydroxylation sites is 1. The van der Waals surface area contributed by atoms with Gasteiger partial charge in [0.1, 0.15) is 5.82 Å². The van der Waals surface area contributed by atoms with Crippen molar-refractivity contribution in [3.8, 4) is 0 Å². The first-order valence-electron chi connectivity index (χ1n) is 12.1. The number of nitro benzene ring substituents is 1. The summed E-state index contributed by atoms with van der Waals surface area (Å²) >= 11 is 6.30. The molecule has 0 spiro atoms. The van der Waals surface area contributed by atoms with Gasteiger partial charge in [-0.1, -0.05) is 42.5 Å². The van der Waals surface area contributed by atoms with Crippen LogP contribution in [0.25, 0.3) is 0 Å². The molecule has 1 unspecified atom stereocenters. The summed E-state index contributed by atoms with van der Waals surface area (Å²) in [6, 6.07) is 15.3. The van der Waals surface area contributed by atoms with Gasteiger partial charge in [0.2, 0.25) is 15.3 Å². The Bertz CT molecular complexity index is 1420. The van der Waals surface area contributed by atoms with Gasteiger partial charge < -0.3 is 4.90 Å². The van der Waals surface area contributed by atoms with Gasteiger partial charge in [-0.2, -0.15) is 4.31 Å². The van der Waals surface area contributed by atoms with Crippen molar-refractivity contribution in [2.45, 2.75) is 37.4 Å². The van der Waals surface area contributed by atoms with E-state index in [1.54, 1.807) is 6.92 Å². The van der Waals surface area contributed by atoms with E-state index in [2.05, 4.69) is 31.9 Å². The zero-order valence-electron chi connectivity index (χ0n) is 20.3. The highest BCUT2D eigenvalue weighted by Crippen LogP contribution is 2.33. The third-order valence-electron chi connectivity index (χ3n) is 6.85. The Hall–Kier alpha value is -3.12. The van der Waals surface area contributed by atoms with Gasteiger partial charge in [0, 0.05) is 63.4 Å². The molecule has 0 radical (unpaired) electrons. The van der Waals surface area contributed by atoms with Gasteiger partial charge in [0.25, 0.3) is 5.69 Å². The number of aromatic nitrogens is 2. The second-order valence-electron chi connectivity index (χ2n) is 9.32. The van der Waals surface area contributed by atoms with E-state index >= 15 is 0 Å². The molecule has 0 aliphatic carbocycles. The van der Waals surface area contributed by atoms with E-state index in [4.69, 9.17) is 11.6 Å². The number of sulfonamides is 1. The molecule has 1 atom stereocenters. The van der Waals surface area contributed by atoms with Crippen molar-refractivity contribution in [3.05, 3.63) is 86.8 Å². The van der Waals surface area contributed by atoms with Gasteiger partial charge in [-0.05, 0) is 30.2 Å². The van der Waals surface area contributed by atoms with Gasteiger partial charge in [0.05, 0.1) is 10.6 Å². The predicted molar refractivity (Wildman–Crippen MR) is 140 cm³/mol. The van der Waals surface area contributed by atoms with Crippen molar-refractivity contribution in [3.63, 3.8) is 0 Å². The Morgan fingerprint density at radius 2 is 1.78 bits per heavy atom. The van der Waals surface area contributed by atoms with Crippen molar-refractivity contribution in [1.29, 1.82) is 0 Å². The second-order valence-corrected chi connectivity index (χ2v) is 11.5. The summed E-state index contributed by atoms with van der Waals surface area (Å²) in [5.74, 6) is 0.724. The molecule has 10 nitrogen and oxygen atoms in total. The van der Waals surface area contributed by atoms with E-state index in [1.807, 2.05) is 18.2 Å². The molecule has 0 saturated carbocycles. The zero-order valence-corrected chi connectivity index (χ0v) is 21.9. The molecule has 3 aromatic rings. The summed E-state index contributed by atoms with van der Waals surface area (Å²) in [5, 5.41) is 11.6. The summed E-state index contributed by atoms with van der Waals surface area (Å²) in [7, 11) is -4.06. The number of benzene rings is 2. The Kier molecular flexibility index (Phi) is 7.13. The first-order chi connectivity index (χ1) is 17.7. The van der Waals surface area contributed by atoms with Crippen LogP contribution >= 0.6 is 11.6 Å². The standard InChI is InChI=1S/C25H27ClN6O4S/c1-18-15-30(13-14-31(18)37(35,36)23-10-6-5-9-22(23)32(33)34)24-20-17-29(16-19-7-3-2-4-8-19)12-11-21(20)27-25(26)28-24/h2-10,18H,11-17H2,1H3. The molecule has 0 amide bonds. The first-order valence-corrected chi connectivity index (χ1v) is 13.9. The highest BCUT2D eigenvalue weighted by molar-refractivity contribution is 7.89. The number of fused-ring (bicyclic) bond motifs is 1. The van der Waals surface area contributed by atoms with Crippen LogP contribution in [0.1, 0.15) is 23.7 Å². The van der Waals surface area contributed by atoms with E-state index in [0.29, 0.717) is 19.6 Å². The van der Waals surface area contributed by atoms with Crippen LogP contribution < -0.4 is 4.90 Å². The van der Waals surface area contributed by atoms with Crippen LogP contribution in [0.4, 0.5) is 11.5 Å². The summed E-state index contributed by atoms with van der Waals surface area (Å²) < 4.78 is 28.2. The zero-order chi connectivity index (χ0) is 26.2. The van der Waals surface area contributed by atoms with Gasteiger partial charge in [0.15, 0.2) is 4.90 Å². The van der Waals surface area contributed by atoms with Crippen molar-refractivity contribution < 1.29 is 13.3 Å². The lowest BCUT2D eigenvalue weighted by atomic mass is 10.0. The van der Waals surface area contributed by atoms with Gasteiger partial charge >= 0.3 is 0 Å². The summed E-state index contributed by atoms with van der Waals surface area (Å²) in [5.41, 5.74) is 2.73. The van der Waals surface area contributed by atoms with E-state index in [-0.39, 0.29) is 16.7 Å². The normalized spacial score (nSPS) is 19.0. The highest BCUT2D eigenvalue weighted by Gasteiger charge is 2.38. The number of nitrogens with zero attached hydrogens (tertiary/aromatic N) is 6. The number of anilines is 1. The maximum absolute atomic E-state index is 13.4. The molecular weight excluding hydrogens is 516 g/mol. The maximum atomic E-state index is 13.4.